The molecule has 1 fully saturated rings. The predicted octanol–water partition coefficient (Wildman–Crippen LogP) is 3.21. The van der Waals surface area contributed by atoms with Gasteiger partial charge in [0.05, 0.1) is 0 Å². The SMILES string of the molecule is CC1CCCCN1C(CN)c1cccc(Cl)c1. The van der Waals surface area contributed by atoms with Gasteiger partial charge in [0.25, 0.3) is 0 Å². The number of piperidine rings is 1. The zero-order valence-corrected chi connectivity index (χ0v) is 11.2. The van der Waals surface area contributed by atoms with Crippen molar-refractivity contribution in [2.45, 2.75) is 38.3 Å². The zero-order chi connectivity index (χ0) is 12.3. The highest BCUT2D eigenvalue weighted by molar-refractivity contribution is 6.30. The van der Waals surface area contributed by atoms with Crippen LogP contribution in [0.15, 0.2) is 24.3 Å². The topological polar surface area (TPSA) is 29.3 Å². The molecular weight excluding hydrogens is 232 g/mol. The highest BCUT2D eigenvalue weighted by atomic mass is 35.5. The molecule has 1 aromatic rings. The number of likely N-dealkylation sites (tertiary alicyclic amines) is 1. The number of nitrogens with two attached hydrogens (primary N) is 1. The zero-order valence-electron chi connectivity index (χ0n) is 10.4. The van der Waals surface area contributed by atoms with Crippen molar-refractivity contribution in [1.82, 2.24) is 4.90 Å². The Bertz CT molecular complexity index is 367. The summed E-state index contributed by atoms with van der Waals surface area (Å²) in [6.07, 6.45) is 3.89. The molecule has 1 aliphatic rings. The van der Waals surface area contributed by atoms with Gasteiger partial charge in [-0.2, -0.15) is 0 Å². The van der Waals surface area contributed by atoms with Gasteiger partial charge in [-0.05, 0) is 44.0 Å². The maximum absolute atomic E-state index is 6.06. The van der Waals surface area contributed by atoms with E-state index in [1.54, 1.807) is 0 Å². The van der Waals surface area contributed by atoms with Crippen LogP contribution in [-0.2, 0) is 0 Å². The Kier molecular flexibility index (Phi) is 4.43. The van der Waals surface area contributed by atoms with E-state index in [4.69, 9.17) is 17.3 Å². The van der Waals surface area contributed by atoms with Crippen LogP contribution in [0.25, 0.3) is 0 Å². The largest absolute Gasteiger partial charge is 0.329 e. The molecule has 1 aliphatic heterocycles. The fourth-order valence-electron chi connectivity index (χ4n) is 2.76. The van der Waals surface area contributed by atoms with E-state index in [9.17, 15) is 0 Å². The number of halogens is 1. The normalized spacial score (nSPS) is 23.6. The minimum absolute atomic E-state index is 0.309. The first-order valence-electron chi connectivity index (χ1n) is 6.43. The van der Waals surface area contributed by atoms with Crippen molar-refractivity contribution in [1.29, 1.82) is 0 Å². The average Bonchev–Trinajstić information content (AvgIpc) is 2.33. The highest BCUT2D eigenvalue weighted by Crippen LogP contribution is 2.28. The van der Waals surface area contributed by atoms with Crippen LogP contribution < -0.4 is 5.73 Å². The van der Waals surface area contributed by atoms with E-state index in [0.717, 1.165) is 11.6 Å². The minimum Gasteiger partial charge on any atom is -0.329 e. The monoisotopic (exact) mass is 252 g/mol. The van der Waals surface area contributed by atoms with E-state index in [-0.39, 0.29) is 0 Å². The van der Waals surface area contributed by atoms with Crippen LogP contribution in [0.1, 0.15) is 37.8 Å². The van der Waals surface area contributed by atoms with Crippen molar-refractivity contribution in [3.63, 3.8) is 0 Å². The maximum atomic E-state index is 6.06. The molecule has 0 saturated carbocycles. The fraction of sp³-hybridized carbons (Fsp3) is 0.571. The van der Waals surface area contributed by atoms with Crippen molar-refractivity contribution in [3.8, 4) is 0 Å². The van der Waals surface area contributed by atoms with Crippen molar-refractivity contribution in [2.24, 2.45) is 5.73 Å². The third-order valence-corrected chi connectivity index (χ3v) is 3.95. The lowest BCUT2D eigenvalue weighted by Crippen LogP contribution is -2.43. The number of nitrogens with zero attached hydrogens (tertiary/aromatic N) is 1. The quantitative estimate of drug-likeness (QED) is 0.895. The fourth-order valence-corrected chi connectivity index (χ4v) is 2.96. The van der Waals surface area contributed by atoms with Crippen LogP contribution in [0.4, 0.5) is 0 Å². The van der Waals surface area contributed by atoms with Gasteiger partial charge in [-0.3, -0.25) is 4.90 Å². The first-order chi connectivity index (χ1) is 8.22. The van der Waals surface area contributed by atoms with Gasteiger partial charge in [0, 0.05) is 23.7 Å². The molecule has 0 bridgehead atoms. The van der Waals surface area contributed by atoms with Gasteiger partial charge in [-0.1, -0.05) is 30.2 Å². The van der Waals surface area contributed by atoms with Crippen LogP contribution in [-0.4, -0.2) is 24.0 Å². The second-order valence-corrected chi connectivity index (χ2v) is 5.33. The smallest absolute Gasteiger partial charge is 0.0473 e. The molecule has 3 heteroatoms. The molecule has 0 radical (unpaired) electrons. The van der Waals surface area contributed by atoms with Gasteiger partial charge in [0.2, 0.25) is 0 Å². The molecule has 1 aromatic carbocycles. The molecule has 2 N–H and O–H groups in total. The van der Waals surface area contributed by atoms with Crippen LogP contribution in [0.2, 0.25) is 5.02 Å². The second kappa shape index (κ2) is 5.85. The third-order valence-electron chi connectivity index (χ3n) is 3.71. The Morgan fingerprint density at radius 3 is 2.94 bits per heavy atom. The summed E-state index contributed by atoms with van der Waals surface area (Å²) < 4.78 is 0. The van der Waals surface area contributed by atoms with Crippen molar-refractivity contribution >= 4 is 11.6 Å². The first-order valence-corrected chi connectivity index (χ1v) is 6.81. The Morgan fingerprint density at radius 2 is 2.29 bits per heavy atom. The lowest BCUT2D eigenvalue weighted by molar-refractivity contribution is 0.109. The van der Waals surface area contributed by atoms with Gasteiger partial charge in [0.1, 0.15) is 0 Å². The van der Waals surface area contributed by atoms with Crippen molar-refractivity contribution in [2.75, 3.05) is 13.1 Å². The Labute approximate surface area is 109 Å². The molecule has 0 amide bonds. The Balaban J connectivity index is 2.20. The number of benzene rings is 1. The van der Waals surface area contributed by atoms with Gasteiger partial charge in [-0.25, -0.2) is 0 Å². The highest BCUT2D eigenvalue weighted by Gasteiger charge is 2.26. The summed E-state index contributed by atoms with van der Waals surface area (Å²) in [4.78, 5) is 2.52. The summed E-state index contributed by atoms with van der Waals surface area (Å²) in [6.45, 7) is 4.10. The molecular formula is C14H21ClN2. The van der Waals surface area contributed by atoms with Gasteiger partial charge >= 0.3 is 0 Å². The Hall–Kier alpha value is -0.570. The minimum atomic E-state index is 0.309. The third kappa shape index (κ3) is 3.01. The van der Waals surface area contributed by atoms with E-state index >= 15 is 0 Å². The van der Waals surface area contributed by atoms with Crippen molar-refractivity contribution < 1.29 is 0 Å². The standard InChI is InChI=1S/C14H21ClN2/c1-11-5-2-3-8-17(11)14(10-16)12-6-4-7-13(15)9-12/h4,6-7,9,11,14H,2-3,5,8,10,16H2,1H3. The van der Waals surface area contributed by atoms with Crippen LogP contribution in [0.5, 0.6) is 0 Å². The summed E-state index contributed by atoms with van der Waals surface area (Å²) in [5.74, 6) is 0. The number of rotatable bonds is 3. The lowest BCUT2D eigenvalue weighted by atomic mass is 9.97. The van der Waals surface area contributed by atoms with E-state index in [2.05, 4.69) is 17.9 Å². The molecule has 2 atom stereocenters. The molecule has 0 aromatic heterocycles. The lowest BCUT2D eigenvalue weighted by Gasteiger charge is -2.39. The number of hydrogen-bond acceptors (Lipinski definition) is 2. The van der Waals surface area contributed by atoms with Gasteiger partial charge in [-0.15, -0.1) is 0 Å². The van der Waals surface area contributed by atoms with E-state index < -0.39 is 0 Å². The molecule has 1 heterocycles. The van der Waals surface area contributed by atoms with Crippen LogP contribution in [0, 0.1) is 0 Å². The molecule has 0 spiro atoms. The van der Waals surface area contributed by atoms with Crippen LogP contribution in [0.3, 0.4) is 0 Å². The second-order valence-electron chi connectivity index (χ2n) is 4.89. The molecule has 2 unspecified atom stereocenters. The molecule has 94 valence electrons. The number of hydrogen-bond donors (Lipinski definition) is 1. The average molecular weight is 253 g/mol. The van der Waals surface area contributed by atoms with E-state index in [1.165, 1.54) is 24.8 Å². The summed E-state index contributed by atoms with van der Waals surface area (Å²) in [6, 6.07) is 9.03. The summed E-state index contributed by atoms with van der Waals surface area (Å²) in [5, 5.41) is 0.797. The van der Waals surface area contributed by atoms with E-state index in [0.29, 0.717) is 18.6 Å². The summed E-state index contributed by atoms with van der Waals surface area (Å²) in [5.41, 5.74) is 7.21. The van der Waals surface area contributed by atoms with E-state index in [1.807, 2.05) is 18.2 Å². The molecule has 17 heavy (non-hydrogen) atoms. The summed E-state index contributed by atoms with van der Waals surface area (Å²) >= 11 is 6.06. The molecule has 0 aliphatic carbocycles. The summed E-state index contributed by atoms with van der Waals surface area (Å²) in [7, 11) is 0. The molecule has 1 saturated heterocycles. The predicted molar refractivity (Wildman–Crippen MR) is 73.3 cm³/mol. The molecule has 2 rings (SSSR count). The Morgan fingerprint density at radius 1 is 1.47 bits per heavy atom. The molecule has 2 nitrogen and oxygen atoms in total. The maximum Gasteiger partial charge on any atom is 0.0473 e. The van der Waals surface area contributed by atoms with Gasteiger partial charge in [0.15, 0.2) is 0 Å². The first kappa shape index (κ1) is 12.9. The van der Waals surface area contributed by atoms with Gasteiger partial charge < -0.3 is 5.73 Å². The van der Waals surface area contributed by atoms with Crippen molar-refractivity contribution in [3.05, 3.63) is 34.9 Å². The van der Waals surface area contributed by atoms with Crippen LogP contribution >= 0.6 is 11.6 Å².